The predicted octanol–water partition coefficient (Wildman–Crippen LogP) is 4.90. The van der Waals surface area contributed by atoms with Gasteiger partial charge in [0.25, 0.3) is 0 Å². The molecule has 0 atom stereocenters. The molecule has 3 aromatic rings. The van der Waals surface area contributed by atoms with Crippen LogP contribution in [0.15, 0.2) is 63.4 Å². The molecule has 1 aliphatic heterocycles. The van der Waals surface area contributed by atoms with Crippen LogP contribution in [0.5, 0.6) is 5.88 Å². The number of nitrogens with two attached hydrogens (primary N) is 1. The molecule has 2 aromatic carbocycles. The number of benzene rings is 2. The Morgan fingerprint density at radius 1 is 1.09 bits per heavy atom. The molecule has 1 aliphatic carbocycles. The van der Waals surface area contributed by atoms with E-state index in [1.807, 2.05) is 41.1 Å². The van der Waals surface area contributed by atoms with E-state index in [1.165, 1.54) is 29.9 Å². The average Bonchev–Trinajstić information content (AvgIpc) is 3.35. The minimum absolute atomic E-state index is 0.0419. The van der Waals surface area contributed by atoms with Crippen molar-refractivity contribution in [3.63, 3.8) is 0 Å². The van der Waals surface area contributed by atoms with Gasteiger partial charge in [-0.15, -0.1) is 0 Å². The Kier molecular flexibility index (Phi) is 5.77. The molecule has 5 rings (SSSR count). The number of hydrogen-bond acceptors (Lipinski definition) is 6. The van der Waals surface area contributed by atoms with E-state index in [4.69, 9.17) is 10.1 Å². The van der Waals surface area contributed by atoms with Crippen LogP contribution in [-0.4, -0.2) is 24.3 Å². The van der Waals surface area contributed by atoms with Gasteiger partial charge in [0, 0.05) is 23.4 Å². The lowest BCUT2D eigenvalue weighted by atomic mass is 9.95. The Morgan fingerprint density at radius 2 is 1.82 bits per heavy atom. The first-order valence-corrected chi connectivity index (χ1v) is 13.2. The van der Waals surface area contributed by atoms with Crippen LogP contribution in [0.4, 0.5) is 11.4 Å². The molecule has 1 aromatic heterocycles. The van der Waals surface area contributed by atoms with E-state index in [9.17, 15) is 13.5 Å². The highest BCUT2D eigenvalue weighted by atomic mass is 32.2. The molecule has 7 nitrogen and oxygen atoms in total. The van der Waals surface area contributed by atoms with Crippen molar-refractivity contribution in [1.29, 1.82) is 0 Å². The molecular formula is C24H24N4O3S2. The maximum Gasteiger partial charge on any atom is 0.238 e. The average molecular weight is 481 g/mol. The lowest BCUT2D eigenvalue weighted by molar-refractivity contribution is 0.307. The SMILES string of the molecule is NS(=O)(=O)c1ccc(N=c2sc(/C=C3\C=Nc4ccccc43)c(O)n2C2CCCCC2)cc1. The summed E-state index contributed by atoms with van der Waals surface area (Å²) in [6.07, 6.45) is 9.19. The normalized spacial score (nSPS) is 18.2. The topological polar surface area (TPSA) is 110 Å². The number of hydrogen-bond donors (Lipinski definition) is 2. The molecule has 170 valence electrons. The van der Waals surface area contributed by atoms with Gasteiger partial charge in [-0.25, -0.2) is 18.5 Å². The molecule has 33 heavy (non-hydrogen) atoms. The summed E-state index contributed by atoms with van der Waals surface area (Å²) in [5.41, 5.74) is 3.49. The van der Waals surface area contributed by atoms with Gasteiger partial charge in [0.1, 0.15) is 0 Å². The van der Waals surface area contributed by atoms with Gasteiger partial charge in [-0.05, 0) is 49.2 Å². The van der Waals surface area contributed by atoms with Gasteiger partial charge in [-0.3, -0.25) is 9.56 Å². The molecule has 0 saturated heterocycles. The van der Waals surface area contributed by atoms with Crippen LogP contribution < -0.4 is 9.94 Å². The lowest BCUT2D eigenvalue weighted by Gasteiger charge is -2.23. The quantitative estimate of drug-likeness (QED) is 0.554. The third kappa shape index (κ3) is 4.44. The summed E-state index contributed by atoms with van der Waals surface area (Å²) in [5.74, 6) is 0.206. The molecule has 0 spiro atoms. The zero-order chi connectivity index (χ0) is 23.0. The Balaban J connectivity index is 1.61. The van der Waals surface area contributed by atoms with Crippen LogP contribution in [0.2, 0.25) is 0 Å². The second-order valence-corrected chi connectivity index (χ2v) is 10.8. The van der Waals surface area contributed by atoms with E-state index in [1.54, 1.807) is 12.1 Å². The molecule has 1 fully saturated rings. The van der Waals surface area contributed by atoms with Crippen molar-refractivity contribution in [1.82, 2.24) is 4.57 Å². The monoisotopic (exact) mass is 480 g/mol. The maximum atomic E-state index is 11.6. The number of para-hydroxylation sites is 1. The molecule has 2 aliphatic rings. The second kappa shape index (κ2) is 8.74. The van der Waals surface area contributed by atoms with Gasteiger partial charge >= 0.3 is 0 Å². The Labute approximate surface area is 196 Å². The zero-order valence-electron chi connectivity index (χ0n) is 17.9. The van der Waals surface area contributed by atoms with Crippen molar-refractivity contribution in [2.45, 2.75) is 43.0 Å². The van der Waals surface area contributed by atoms with E-state index in [-0.39, 0.29) is 16.8 Å². The van der Waals surface area contributed by atoms with Crippen LogP contribution in [0, 0.1) is 0 Å². The van der Waals surface area contributed by atoms with Crippen LogP contribution in [0.3, 0.4) is 0 Å². The van der Waals surface area contributed by atoms with Gasteiger partial charge in [-0.1, -0.05) is 48.8 Å². The summed E-state index contributed by atoms with van der Waals surface area (Å²) in [6.45, 7) is 0. The standard InChI is InChI=1S/C24H24N4O3S2/c25-33(30,31)19-12-10-17(11-13-19)27-24-28(18-6-2-1-3-7-18)23(29)22(32-24)14-16-15-26-21-9-5-4-8-20(16)21/h4-5,8-15,18,29H,1-3,6-7H2,(H2,25,30,31)/b16-14+,27-24?. The molecule has 0 amide bonds. The van der Waals surface area contributed by atoms with Crippen molar-refractivity contribution in [3.8, 4) is 5.88 Å². The fourth-order valence-corrected chi connectivity index (χ4v) is 5.93. The predicted molar refractivity (Wildman–Crippen MR) is 132 cm³/mol. The number of thiazole rings is 1. The number of fused-ring (bicyclic) bond motifs is 1. The first-order chi connectivity index (χ1) is 15.9. The van der Waals surface area contributed by atoms with E-state index in [2.05, 4.69) is 4.99 Å². The molecule has 2 heterocycles. The van der Waals surface area contributed by atoms with Crippen LogP contribution in [0.1, 0.15) is 48.6 Å². The van der Waals surface area contributed by atoms with Crippen molar-refractivity contribution in [3.05, 3.63) is 63.8 Å². The Hall–Kier alpha value is -3.01. The highest BCUT2D eigenvalue weighted by Crippen LogP contribution is 2.37. The smallest absolute Gasteiger partial charge is 0.238 e. The zero-order valence-corrected chi connectivity index (χ0v) is 19.5. The van der Waals surface area contributed by atoms with Gasteiger partial charge in [0.05, 0.1) is 21.1 Å². The Bertz CT molecular complexity index is 1430. The number of aliphatic imine (C=N–C) groups is 1. The number of allylic oxidation sites excluding steroid dienone is 1. The minimum atomic E-state index is -3.76. The molecule has 3 N–H and O–H groups in total. The minimum Gasteiger partial charge on any atom is -0.493 e. The first-order valence-electron chi connectivity index (χ1n) is 10.9. The summed E-state index contributed by atoms with van der Waals surface area (Å²) in [6, 6.07) is 14.2. The Morgan fingerprint density at radius 3 is 2.55 bits per heavy atom. The summed E-state index contributed by atoms with van der Waals surface area (Å²) in [5, 5.41) is 16.4. The van der Waals surface area contributed by atoms with E-state index in [0.717, 1.165) is 47.4 Å². The first kappa shape index (κ1) is 21.8. The van der Waals surface area contributed by atoms with Gasteiger partial charge in [0.15, 0.2) is 4.80 Å². The number of nitrogens with zero attached hydrogens (tertiary/aromatic N) is 3. The molecule has 9 heteroatoms. The van der Waals surface area contributed by atoms with Crippen molar-refractivity contribution < 1.29 is 13.5 Å². The van der Waals surface area contributed by atoms with Crippen molar-refractivity contribution in [2.24, 2.45) is 15.1 Å². The van der Waals surface area contributed by atoms with Crippen LogP contribution >= 0.6 is 11.3 Å². The summed E-state index contributed by atoms with van der Waals surface area (Å²) in [7, 11) is -3.76. The molecular weight excluding hydrogens is 456 g/mol. The summed E-state index contributed by atoms with van der Waals surface area (Å²) < 4.78 is 25.0. The van der Waals surface area contributed by atoms with Gasteiger partial charge < -0.3 is 5.11 Å². The fraction of sp³-hybridized carbons (Fsp3) is 0.250. The lowest BCUT2D eigenvalue weighted by Crippen LogP contribution is -2.22. The molecule has 0 unspecified atom stereocenters. The maximum absolute atomic E-state index is 11.6. The van der Waals surface area contributed by atoms with Gasteiger partial charge in [-0.2, -0.15) is 0 Å². The number of aromatic nitrogens is 1. The van der Waals surface area contributed by atoms with E-state index in [0.29, 0.717) is 10.5 Å². The van der Waals surface area contributed by atoms with Crippen molar-refractivity contribution >= 4 is 50.6 Å². The van der Waals surface area contributed by atoms with E-state index < -0.39 is 10.0 Å². The third-order valence-electron chi connectivity index (χ3n) is 6.03. The van der Waals surface area contributed by atoms with Crippen LogP contribution in [-0.2, 0) is 10.0 Å². The fourth-order valence-electron chi connectivity index (χ4n) is 4.36. The number of sulfonamides is 1. The summed E-state index contributed by atoms with van der Waals surface area (Å²) in [4.78, 5) is 10.7. The second-order valence-electron chi connectivity index (χ2n) is 8.26. The molecule has 1 saturated carbocycles. The van der Waals surface area contributed by atoms with Gasteiger partial charge in [0.2, 0.25) is 15.9 Å². The number of rotatable bonds is 4. The number of aromatic hydroxyl groups is 1. The van der Waals surface area contributed by atoms with E-state index >= 15 is 0 Å². The third-order valence-corrected chi connectivity index (χ3v) is 7.95. The van der Waals surface area contributed by atoms with Crippen molar-refractivity contribution in [2.75, 3.05) is 0 Å². The largest absolute Gasteiger partial charge is 0.493 e. The highest BCUT2D eigenvalue weighted by molar-refractivity contribution is 7.89. The highest BCUT2D eigenvalue weighted by Gasteiger charge is 2.23. The van der Waals surface area contributed by atoms with Crippen LogP contribution in [0.25, 0.3) is 11.6 Å². The number of primary sulfonamides is 1. The summed E-state index contributed by atoms with van der Waals surface area (Å²) >= 11 is 1.41. The molecule has 0 radical (unpaired) electrons. The molecule has 0 bridgehead atoms.